The maximum atomic E-state index is 11.3. The van der Waals surface area contributed by atoms with Crippen LogP contribution in [0.1, 0.15) is 39.1 Å². The number of likely N-dealkylation sites (N-methyl/N-ethyl adjacent to an activating group) is 1. The van der Waals surface area contributed by atoms with Crippen LogP contribution in [0.5, 0.6) is 0 Å². The molecule has 0 spiro atoms. The summed E-state index contributed by atoms with van der Waals surface area (Å²) >= 11 is 0. The number of nitrogens with zero attached hydrogens (tertiary/aromatic N) is 3. The molecule has 6 heteroatoms. The van der Waals surface area contributed by atoms with Crippen molar-refractivity contribution in [1.29, 1.82) is 0 Å². The molecule has 0 saturated carbocycles. The summed E-state index contributed by atoms with van der Waals surface area (Å²) in [6.45, 7) is 9.04. The lowest BCUT2D eigenvalue weighted by Crippen LogP contribution is -2.36. The van der Waals surface area contributed by atoms with Crippen LogP contribution < -0.4 is 5.32 Å². The van der Waals surface area contributed by atoms with E-state index >= 15 is 0 Å². The fourth-order valence-electron chi connectivity index (χ4n) is 2.30. The van der Waals surface area contributed by atoms with E-state index in [1.54, 1.807) is 11.7 Å². The number of hydrogen-bond acceptors (Lipinski definition) is 4. The third kappa shape index (κ3) is 3.53. The molecule has 0 aliphatic heterocycles. The van der Waals surface area contributed by atoms with Gasteiger partial charge in [-0.3, -0.25) is 14.8 Å². The van der Waals surface area contributed by atoms with E-state index in [9.17, 15) is 10.1 Å². The second kappa shape index (κ2) is 6.65. The Morgan fingerprint density at radius 2 is 2.05 bits per heavy atom. The minimum absolute atomic E-state index is 0.188. The van der Waals surface area contributed by atoms with Crippen LogP contribution in [0, 0.1) is 16.0 Å². The van der Waals surface area contributed by atoms with Crippen LogP contribution in [-0.2, 0) is 19.9 Å². The Labute approximate surface area is 114 Å². The van der Waals surface area contributed by atoms with Crippen LogP contribution >= 0.6 is 0 Å². The molecule has 0 saturated heterocycles. The molecule has 0 aliphatic rings. The molecule has 1 aromatic heterocycles. The van der Waals surface area contributed by atoms with Gasteiger partial charge >= 0.3 is 5.69 Å². The Morgan fingerprint density at radius 1 is 1.42 bits per heavy atom. The van der Waals surface area contributed by atoms with Crippen molar-refractivity contribution in [2.75, 3.05) is 6.54 Å². The molecule has 1 rings (SSSR count). The van der Waals surface area contributed by atoms with E-state index in [0.29, 0.717) is 30.1 Å². The lowest BCUT2D eigenvalue weighted by molar-refractivity contribution is -0.386. The molecule has 0 aliphatic carbocycles. The van der Waals surface area contributed by atoms with Gasteiger partial charge in [-0.05, 0) is 18.9 Å². The molecule has 6 nitrogen and oxygen atoms in total. The van der Waals surface area contributed by atoms with E-state index in [1.165, 1.54) is 0 Å². The van der Waals surface area contributed by atoms with E-state index < -0.39 is 0 Å². The summed E-state index contributed by atoms with van der Waals surface area (Å²) in [5.74, 6) is 0.416. The average molecular weight is 268 g/mol. The first-order chi connectivity index (χ1) is 8.92. The van der Waals surface area contributed by atoms with Crippen molar-refractivity contribution < 1.29 is 4.92 Å². The summed E-state index contributed by atoms with van der Waals surface area (Å²) in [6, 6.07) is 0.226. The number of hydrogen-bond donors (Lipinski definition) is 1. The number of nitrogens with one attached hydrogen (secondary N) is 1. The number of aryl methyl sites for hydroxylation is 2. The van der Waals surface area contributed by atoms with Crippen molar-refractivity contribution in [2.45, 2.75) is 46.6 Å². The van der Waals surface area contributed by atoms with Crippen LogP contribution in [0.4, 0.5) is 5.69 Å². The monoisotopic (exact) mass is 268 g/mol. The molecule has 19 heavy (non-hydrogen) atoms. The third-order valence-corrected chi connectivity index (χ3v) is 3.41. The summed E-state index contributed by atoms with van der Waals surface area (Å²) < 4.78 is 1.66. The lowest BCUT2D eigenvalue weighted by atomic mass is 9.98. The predicted octanol–water partition coefficient (Wildman–Crippen LogP) is 2.07. The van der Waals surface area contributed by atoms with Crippen molar-refractivity contribution in [3.05, 3.63) is 21.5 Å². The van der Waals surface area contributed by atoms with Gasteiger partial charge in [-0.15, -0.1) is 0 Å². The smallest absolute Gasteiger partial charge is 0.313 e. The number of nitro groups is 1. The van der Waals surface area contributed by atoms with Crippen LogP contribution in [0.15, 0.2) is 0 Å². The van der Waals surface area contributed by atoms with Crippen molar-refractivity contribution in [1.82, 2.24) is 15.1 Å². The highest BCUT2D eigenvalue weighted by Gasteiger charge is 2.27. The highest BCUT2D eigenvalue weighted by Crippen LogP contribution is 2.25. The van der Waals surface area contributed by atoms with E-state index in [4.69, 9.17) is 0 Å². The van der Waals surface area contributed by atoms with Gasteiger partial charge in [-0.25, -0.2) is 0 Å². The summed E-state index contributed by atoms with van der Waals surface area (Å²) in [7, 11) is 1.78. The summed E-state index contributed by atoms with van der Waals surface area (Å²) in [4.78, 5) is 11.0. The zero-order valence-corrected chi connectivity index (χ0v) is 12.4. The first-order valence-electron chi connectivity index (χ1n) is 6.84. The molecule has 0 amide bonds. The van der Waals surface area contributed by atoms with E-state index in [0.717, 1.165) is 6.54 Å². The minimum atomic E-state index is -0.301. The highest BCUT2D eigenvalue weighted by molar-refractivity contribution is 5.41. The van der Waals surface area contributed by atoms with Crippen molar-refractivity contribution in [2.24, 2.45) is 13.0 Å². The van der Waals surface area contributed by atoms with Crippen LogP contribution in [0.25, 0.3) is 0 Å². The molecule has 0 fully saturated rings. The third-order valence-electron chi connectivity index (χ3n) is 3.41. The van der Waals surface area contributed by atoms with E-state index in [1.807, 2.05) is 13.8 Å². The fourth-order valence-corrected chi connectivity index (χ4v) is 2.30. The second-order valence-electron chi connectivity index (χ2n) is 5.09. The van der Waals surface area contributed by atoms with Gasteiger partial charge in [0.05, 0.1) is 4.92 Å². The van der Waals surface area contributed by atoms with Crippen LogP contribution in [-0.4, -0.2) is 27.3 Å². The molecule has 1 atom stereocenters. The van der Waals surface area contributed by atoms with E-state index in [-0.39, 0.29) is 16.7 Å². The molecule has 0 aromatic carbocycles. The second-order valence-corrected chi connectivity index (χ2v) is 5.09. The zero-order valence-electron chi connectivity index (χ0n) is 12.4. The molecular weight excluding hydrogens is 244 g/mol. The quantitative estimate of drug-likeness (QED) is 0.607. The maximum Gasteiger partial charge on any atom is 0.313 e. The van der Waals surface area contributed by atoms with Gasteiger partial charge in [-0.2, -0.15) is 5.10 Å². The van der Waals surface area contributed by atoms with Gasteiger partial charge in [0.15, 0.2) is 0 Å². The lowest BCUT2D eigenvalue weighted by Gasteiger charge is -2.21. The Hall–Kier alpha value is -1.43. The Bertz CT molecular complexity index is 440. The van der Waals surface area contributed by atoms with E-state index in [2.05, 4.69) is 24.3 Å². The first kappa shape index (κ1) is 15.6. The molecule has 1 aromatic rings. The normalized spacial score (nSPS) is 12.9. The molecule has 0 bridgehead atoms. The number of rotatable bonds is 7. The fraction of sp³-hybridized carbons (Fsp3) is 0.769. The average Bonchev–Trinajstić information content (AvgIpc) is 2.65. The molecule has 0 radical (unpaired) electrons. The van der Waals surface area contributed by atoms with Crippen LogP contribution in [0.3, 0.4) is 0 Å². The summed E-state index contributed by atoms with van der Waals surface area (Å²) in [6.07, 6.45) is 1.21. The topological polar surface area (TPSA) is 73.0 Å². The largest absolute Gasteiger partial charge is 0.314 e. The SMILES string of the molecule is CCNC(Cc1c([N+](=O)[O-])c(CC)nn1C)C(C)C. The van der Waals surface area contributed by atoms with Crippen molar-refractivity contribution >= 4 is 5.69 Å². The van der Waals surface area contributed by atoms with Gasteiger partial charge in [0, 0.05) is 19.5 Å². The van der Waals surface area contributed by atoms with Crippen molar-refractivity contribution in [3.63, 3.8) is 0 Å². The van der Waals surface area contributed by atoms with Gasteiger partial charge in [0.2, 0.25) is 0 Å². The summed E-state index contributed by atoms with van der Waals surface area (Å²) in [5.41, 5.74) is 1.47. The Morgan fingerprint density at radius 3 is 2.47 bits per heavy atom. The number of aromatic nitrogens is 2. The van der Waals surface area contributed by atoms with Gasteiger partial charge in [-0.1, -0.05) is 27.7 Å². The standard InChI is InChI=1S/C13H24N4O2/c1-6-10-13(17(18)19)12(16(5)15-10)8-11(9(3)4)14-7-2/h9,11,14H,6-8H2,1-5H3. The predicted molar refractivity (Wildman–Crippen MR) is 75.2 cm³/mol. The van der Waals surface area contributed by atoms with Gasteiger partial charge < -0.3 is 5.32 Å². The molecule has 1 N–H and O–H groups in total. The maximum absolute atomic E-state index is 11.3. The first-order valence-corrected chi connectivity index (χ1v) is 6.84. The highest BCUT2D eigenvalue weighted by atomic mass is 16.6. The minimum Gasteiger partial charge on any atom is -0.314 e. The van der Waals surface area contributed by atoms with Crippen LogP contribution in [0.2, 0.25) is 0 Å². The molecule has 1 unspecified atom stereocenters. The molecule has 1 heterocycles. The molecular formula is C13H24N4O2. The Balaban J connectivity index is 3.11. The Kier molecular flexibility index (Phi) is 5.47. The zero-order chi connectivity index (χ0) is 14.6. The van der Waals surface area contributed by atoms with Crippen molar-refractivity contribution in [3.8, 4) is 0 Å². The molecule has 108 valence electrons. The summed E-state index contributed by atoms with van der Waals surface area (Å²) in [5, 5.41) is 18.9. The van der Waals surface area contributed by atoms with Gasteiger partial charge in [0.1, 0.15) is 11.4 Å². The van der Waals surface area contributed by atoms with Gasteiger partial charge in [0.25, 0.3) is 0 Å².